The Labute approximate surface area is 118 Å². The molecule has 0 spiro atoms. The lowest BCUT2D eigenvalue weighted by Gasteiger charge is -2.16. The van der Waals surface area contributed by atoms with Crippen molar-refractivity contribution in [2.75, 3.05) is 5.32 Å². The second-order valence-corrected chi connectivity index (χ2v) is 5.52. The number of nitrogens with one attached hydrogen (secondary N) is 1. The number of carbonyl (C=O) groups is 1. The summed E-state index contributed by atoms with van der Waals surface area (Å²) in [5.41, 5.74) is 5.96. The Morgan fingerprint density at radius 2 is 2.21 bits per heavy atom. The van der Waals surface area contributed by atoms with E-state index in [0.29, 0.717) is 11.7 Å². The van der Waals surface area contributed by atoms with Crippen molar-refractivity contribution in [1.82, 2.24) is 4.98 Å². The molecule has 2 atom stereocenters. The molecule has 0 saturated carbocycles. The number of carboxylic acids is 1. The third-order valence-corrected chi connectivity index (χ3v) is 3.77. The summed E-state index contributed by atoms with van der Waals surface area (Å²) in [7, 11) is 0. The standard InChI is InChI=1S/C13H23N3O2S/c1-3-5-7-9(6-4-2)15-13-16-10(8-19-13)11(14)12(17)18/h8-9,11H,3-7,14H2,1-2H3,(H,15,16)(H,17,18). The maximum absolute atomic E-state index is 10.8. The fraction of sp³-hybridized carbons (Fsp3) is 0.692. The van der Waals surface area contributed by atoms with Crippen molar-refractivity contribution in [1.29, 1.82) is 0 Å². The summed E-state index contributed by atoms with van der Waals surface area (Å²) in [6.45, 7) is 4.34. The molecule has 0 aromatic carbocycles. The van der Waals surface area contributed by atoms with Gasteiger partial charge in [0.25, 0.3) is 0 Å². The first-order valence-corrected chi connectivity index (χ1v) is 7.66. The molecule has 0 aliphatic carbocycles. The lowest BCUT2D eigenvalue weighted by Crippen LogP contribution is -2.22. The molecule has 0 saturated heterocycles. The maximum Gasteiger partial charge on any atom is 0.326 e. The van der Waals surface area contributed by atoms with Crippen molar-refractivity contribution < 1.29 is 9.90 Å². The Kier molecular flexibility index (Phi) is 6.80. The quantitative estimate of drug-likeness (QED) is 0.649. The monoisotopic (exact) mass is 285 g/mol. The largest absolute Gasteiger partial charge is 0.480 e. The average molecular weight is 285 g/mol. The van der Waals surface area contributed by atoms with Gasteiger partial charge in [-0.25, -0.2) is 4.98 Å². The summed E-state index contributed by atoms with van der Waals surface area (Å²) in [5, 5.41) is 14.7. The van der Waals surface area contributed by atoms with Gasteiger partial charge in [-0.2, -0.15) is 0 Å². The molecule has 0 aliphatic heterocycles. The van der Waals surface area contributed by atoms with E-state index in [2.05, 4.69) is 24.1 Å². The van der Waals surface area contributed by atoms with Crippen LogP contribution in [0.4, 0.5) is 5.13 Å². The zero-order chi connectivity index (χ0) is 14.3. The number of nitrogens with two attached hydrogens (primary N) is 1. The topological polar surface area (TPSA) is 88.2 Å². The highest BCUT2D eigenvalue weighted by Crippen LogP contribution is 2.22. The smallest absolute Gasteiger partial charge is 0.326 e. The molecule has 1 rings (SSSR count). The third kappa shape index (κ3) is 5.16. The van der Waals surface area contributed by atoms with Gasteiger partial charge >= 0.3 is 5.97 Å². The first kappa shape index (κ1) is 15.9. The number of carboxylic acid groups (broad SMARTS) is 1. The Hall–Kier alpha value is -1.14. The van der Waals surface area contributed by atoms with Gasteiger partial charge in [0.2, 0.25) is 0 Å². The molecule has 4 N–H and O–H groups in total. The van der Waals surface area contributed by atoms with E-state index in [1.54, 1.807) is 5.38 Å². The molecule has 1 aromatic rings. The Balaban J connectivity index is 2.61. The van der Waals surface area contributed by atoms with Gasteiger partial charge in [-0.05, 0) is 12.8 Å². The molecule has 0 amide bonds. The third-order valence-electron chi connectivity index (χ3n) is 2.98. The van der Waals surface area contributed by atoms with Crippen molar-refractivity contribution in [3.05, 3.63) is 11.1 Å². The van der Waals surface area contributed by atoms with E-state index in [4.69, 9.17) is 10.8 Å². The van der Waals surface area contributed by atoms with Gasteiger partial charge in [-0.3, -0.25) is 4.79 Å². The fourth-order valence-electron chi connectivity index (χ4n) is 1.88. The summed E-state index contributed by atoms with van der Waals surface area (Å²) in [4.78, 5) is 15.1. The number of rotatable bonds is 9. The summed E-state index contributed by atoms with van der Waals surface area (Å²) < 4.78 is 0. The fourth-order valence-corrected chi connectivity index (χ4v) is 2.71. The van der Waals surface area contributed by atoms with Gasteiger partial charge in [0.1, 0.15) is 6.04 Å². The number of thiazole rings is 1. The second-order valence-electron chi connectivity index (χ2n) is 4.67. The molecular formula is C13H23N3O2S. The summed E-state index contributed by atoms with van der Waals surface area (Å²) in [5.74, 6) is -1.05. The summed E-state index contributed by atoms with van der Waals surface area (Å²) in [6, 6.07) is -0.628. The van der Waals surface area contributed by atoms with Crippen LogP contribution in [0.25, 0.3) is 0 Å². The highest BCUT2D eigenvalue weighted by Gasteiger charge is 2.18. The number of anilines is 1. The van der Waals surface area contributed by atoms with E-state index >= 15 is 0 Å². The maximum atomic E-state index is 10.8. The number of aromatic nitrogens is 1. The van der Waals surface area contributed by atoms with Gasteiger partial charge in [0, 0.05) is 11.4 Å². The molecule has 0 bridgehead atoms. The highest BCUT2D eigenvalue weighted by atomic mass is 32.1. The zero-order valence-corrected chi connectivity index (χ0v) is 12.4. The Morgan fingerprint density at radius 3 is 2.79 bits per heavy atom. The average Bonchev–Trinajstić information content (AvgIpc) is 2.83. The minimum atomic E-state index is -1.05. The molecule has 0 radical (unpaired) electrons. The zero-order valence-electron chi connectivity index (χ0n) is 11.6. The van der Waals surface area contributed by atoms with Crippen LogP contribution in [0.15, 0.2) is 5.38 Å². The van der Waals surface area contributed by atoms with Crippen molar-refractivity contribution in [3.8, 4) is 0 Å². The lowest BCUT2D eigenvalue weighted by atomic mass is 10.1. The molecule has 6 heteroatoms. The van der Waals surface area contributed by atoms with Crippen LogP contribution in [0.1, 0.15) is 57.7 Å². The molecule has 1 heterocycles. The van der Waals surface area contributed by atoms with Crippen LogP contribution in [0, 0.1) is 0 Å². The summed E-state index contributed by atoms with van der Waals surface area (Å²) in [6.07, 6.45) is 5.69. The molecule has 108 valence electrons. The van der Waals surface area contributed by atoms with Crippen LogP contribution < -0.4 is 11.1 Å². The first-order valence-electron chi connectivity index (χ1n) is 6.78. The molecule has 0 fully saturated rings. The number of unbranched alkanes of at least 4 members (excludes halogenated alkanes) is 1. The van der Waals surface area contributed by atoms with Crippen LogP contribution in [-0.4, -0.2) is 22.1 Å². The minimum absolute atomic E-state index is 0.407. The number of hydrogen-bond donors (Lipinski definition) is 3. The van der Waals surface area contributed by atoms with Gasteiger partial charge in [-0.1, -0.05) is 33.1 Å². The van der Waals surface area contributed by atoms with Crippen molar-refractivity contribution in [3.63, 3.8) is 0 Å². The van der Waals surface area contributed by atoms with Crippen molar-refractivity contribution >= 4 is 22.4 Å². The van der Waals surface area contributed by atoms with Crippen LogP contribution in [0.5, 0.6) is 0 Å². The number of nitrogens with zero attached hydrogens (tertiary/aromatic N) is 1. The summed E-state index contributed by atoms with van der Waals surface area (Å²) >= 11 is 1.42. The number of aliphatic carboxylic acids is 1. The molecular weight excluding hydrogens is 262 g/mol. The van der Waals surface area contributed by atoms with E-state index in [-0.39, 0.29) is 0 Å². The Bertz CT molecular complexity index is 395. The van der Waals surface area contributed by atoms with E-state index < -0.39 is 12.0 Å². The lowest BCUT2D eigenvalue weighted by molar-refractivity contribution is -0.138. The molecule has 0 aliphatic rings. The van der Waals surface area contributed by atoms with Gasteiger partial charge < -0.3 is 16.2 Å². The molecule has 2 unspecified atom stereocenters. The van der Waals surface area contributed by atoms with E-state index in [0.717, 1.165) is 24.4 Å². The molecule has 1 aromatic heterocycles. The van der Waals surface area contributed by atoms with E-state index in [9.17, 15) is 4.79 Å². The minimum Gasteiger partial charge on any atom is -0.480 e. The SMILES string of the molecule is CCCCC(CCC)Nc1nc(C(N)C(=O)O)cs1. The van der Waals surface area contributed by atoms with Gasteiger partial charge in [-0.15, -0.1) is 11.3 Å². The van der Waals surface area contributed by atoms with Crippen LogP contribution >= 0.6 is 11.3 Å². The van der Waals surface area contributed by atoms with Crippen LogP contribution in [0.2, 0.25) is 0 Å². The van der Waals surface area contributed by atoms with E-state index in [1.807, 2.05) is 0 Å². The number of hydrogen-bond acceptors (Lipinski definition) is 5. The van der Waals surface area contributed by atoms with Gasteiger partial charge in [0.15, 0.2) is 5.13 Å². The molecule has 19 heavy (non-hydrogen) atoms. The van der Waals surface area contributed by atoms with Crippen LogP contribution in [0.3, 0.4) is 0 Å². The predicted molar refractivity (Wildman–Crippen MR) is 78.5 cm³/mol. The molecule has 5 nitrogen and oxygen atoms in total. The Morgan fingerprint density at radius 1 is 1.47 bits per heavy atom. The first-order chi connectivity index (χ1) is 9.08. The van der Waals surface area contributed by atoms with Crippen molar-refractivity contribution in [2.45, 2.75) is 58.0 Å². The van der Waals surface area contributed by atoms with Gasteiger partial charge in [0.05, 0.1) is 5.69 Å². The highest BCUT2D eigenvalue weighted by molar-refractivity contribution is 7.13. The van der Waals surface area contributed by atoms with Crippen molar-refractivity contribution in [2.24, 2.45) is 5.73 Å². The normalized spacial score (nSPS) is 14.1. The van der Waals surface area contributed by atoms with E-state index in [1.165, 1.54) is 24.2 Å². The second kappa shape index (κ2) is 8.12. The van der Waals surface area contributed by atoms with Crippen LogP contribution in [-0.2, 0) is 4.79 Å². The predicted octanol–water partition coefficient (Wildman–Crippen LogP) is 3.00.